The number of hydrogen-bond donors (Lipinski definition) is 2. The number of nitrogens with one attached hydrogen (secondary N) is 2. The quantitative estimate of drug-likeness (QED) is 0.784. The van der Waals surface area contributed by atoms with Crippen LogP contribution in [-0.2, 0) is 11.3 Å². The Morgan fingerprint density at radius 2 is 2.24 bits per heavy atom. The summed E-state index contributed by atoms with van der Waals surface area (Å²) in [4.78, 5) is 11.4. The van der Waals surface area contributed by atoms with Gasteiger partial charge < -0.3 is 10.6 Å². The molecule has 92 valence electrons. The van der Waals surface area contributed by atoms with Gasteiger partial charge in [0, 0.05) is 6.54 Å². The van der Waals surface area contributed by atoms with Crippen molar-refractivity contribution in [3.63, 3.8) is 0 Å². The second-order valence-electron chi connectivity index (χ2n) is 4.48. The summed E-state index contributed by atoms with van der Waals surface area (Å²) in [6.07, 6.45) is 2.55. The molecular weight excluding hydrogens is 219 g/mol. The van der Waals surface area contributed by atoms with E-state index in [-0.39, 0.29) is 11.7 Å². The van der Waals surface area contributed by atoms with Crippen LogP contribution in [0.2, 0.25) is 0 Å². The van der Waals surface area contributed by atoms with Crippen LogP contribution in [0.15, 0.2) is 24.3 Å². The van der Waals surface area contributed by atoms with Gasteiger partial charge in [-0.3, -0.25) is 4.79 Å². The van der Waals surface area contributed by atoms with E-state index in [9.17, 15) is 9.18 Å². The van der Waals surface area contributed by atoms with Gasteiger partial charge in [-0.1, -0.05) is 12.1 Å². The van der Waals surface area contributed by atoms with Crippen LogP contribution in [0.4, 0.5) is 4.39 Å². The summed E-state index contributed by atoms with van der Waals surface area (Å²) in [5.41, 5.74) is 0.778. The number of amides is 1. The first-order valence-electron chi connectivity index (χ1n) is 5.96. The zero-order chi connectivity index (χ0) is 12.1. The third kappa shape index (κ3) is 4.53. The number of halogens is 1. The van der Waals surface area contributed by atoms with Gasteiger partial charge in [0.25, 0.3) is 0 Å². The Hall–Kier alpha value is -1.42. The predicted octanol–water partition coefficient (Wildman–Crippen LogP) is 1.44. The molecule has 1 saturated carbocycles. The average Bonchev–Trinajstić information content (AvgIpc) is 3.11. The van der Waals surface area contributed by atoms with Crippen molar-refractivity contribution in [3.05, 3.63) is 35.6 Å². The van der Waals surface area contributed by atoms with E-state index in [0.29, 0.717) is 13.1 Å². The molecule has 4 heteroatoms. The first-order valence-corrected chi connectivity index (χ1v) is 5.96. The van der Waals surface area contributed by atoms with Crippen LogP contribution in [-0.4, -0.2) is 19.0 Å². The van der Waals surface area contributed by atoms with Crippen molar-refractivity contribution in [2.45, 2.75) is 19.4 Å². The van der Waals surface area contributed by atoms with Gasteiger partial charge in [-0.2, -0.15) is 0 Å². The lowest BCUT2D eigenvalue weighted by Gasteiger charge is -2.06. The van der Waals surface area contributed by atoms with Gasteiger partial charge in [0.2, 0.25) is 5.91 Å². The Bertz CT molecular complexity index is 391. The summed E-state index contributed by atoms with van der Waals surface area (Å²) in [5, 5.41) is 5.86. The molecule has 0 saturated heterocycles. The normalized spacial score (nSPS) is 14.6. The lowest BCUT2D eigenvalue weighted by atomic mass is 10.2. The fourth-order valence-electron chi connectivity index (χ4n) is 1.62. The van der Waals surface area contributed by atoms with E-state index in [1.54, 1.807) is 12.1 Å². The van der Waals surface area contributed by atoms with Crippen molar-refractivity contribution in [2.24, 2.45) is 5.92 Å². The van der Waals surface area contributed by atoms with Crippen LogP contribution < -0.4 is 10.6 Å². The van der Waals surface area contributed by atoms with Crippen molar-refractivity contribution in [2.75, 3.05) is 13.1 Å². The molecule has 1 aliphatic carbocycles. The molecule has 0 heterocycles. The van der Waals surface area contributed by atoms with Gasteiger partial charge >= 0.3 is 0 Å². The van der Waals surface area contributed by atoms with E-state index in [4.69, 9.17) is 0 Å². The maximum Gasteiger partial charge on any atom is 0.234 e. The molecule has 0 aromatic heterocycles. The SMILES string of the molecule is O=C(CNCC1CC1)NCc1cccc(F)c1. The van der Waals surface area contributed by atoms with E-state index in [0.717, 1.165) is 18.0 Å². The van der Waals surface area contributed by atoms with Crippen LogP contribution >= 0.6 is 0 Å². The van der Waals surface area contributed by atoms with Crippen LogP contribution in [0, 0.1) is 11.7 Å². The Morgan fingerprint density at radius 1 is 1.41 bits per heavy atom. The molecule has 1 fully saturated rings. The van der Waals surface area contributed by atoms with E-state index >= 15 is 0 Å². The molecule has 0 unspecified atom stereocenters. The first kappa shape index (κ1) is 12.0. The topological polar surface area (TPSA) is 41.1 Å². The highest BCUT2D eigenvalue weighted by Gasteiger charge is 2.20. The standard InChI is InChI=1S/C13H17FN2O/c14-12-3-1-2-11(6-12)8-16-13(17)9-15-7-10-4-5-10/h1-3,6,10,15H,4-5,7-9H2,(H,16,17). The summed E-state index contributed by atoms with van der Waals surface area (Å²) in [6.45, 7) is 1.64. The number of carbonyl (C=O) groups is 1. The van der Waals surface area contributed by atoms with E-state index in [1.807, 2.05) is 0 Å². The van der Waals surface area contributed by atoms with Crippen LogP contribution in [0.1, 0.15) is 18.4 Å². The monoisotopic (exact) mass is 236 g/mol. The number of rotatable bonds is 6. The van der Waals surface area contributed by atoms with Crippen LogP contribution in [0.5, 0.6) is 0 Å². The minimum Gasteiger partial charge on any atom is -0.351 e. The zero-order valence-electron chi connectivity index (χ0n) is 9.71. The highest BCUT2D eigenvalue weighted by molar-refractivity contribution is 5.77. The van der Waals surface area contributed by atoms with Crippen molar-refractivity contribution in [3.8, 4) is 0 Å². The Kier molecular flexibility index (Phi) is 4.09. The van der Waals surface area contributed by atoms with Crippen LogP contribution in [0.25, 0.3) is 0 Å². The van der Waals surface area contributed by atoms with Gasteiger partial charge in [-0.25, -0.2) is 4.39 Å². The van der Waals surface area contributed by atoms with E-state index in [2.05, 4.69) is 10.6 Å². The Balaban J connectivity index is 1.64. The van der Waals surface area contributed by atoms with Gasteiger partial charge in [0.1, 0.15) is 5.82 Å². The zero-order valence-corrected chi connectivity index (χ0v) is 9.71. The molecule has 0 aliphatic heterocycles. The number of benzene rings is 1. The highest BCUT2D eigenvalue weighted by atomic mass is 19.1. The fourth-order valence-corrected chi connectivity index (χ4v) is 1.62. The summed E-state index contributed by atoms with van der Waals surface area (Å²) < 4.78 is 12.9. The summed E-state index contributed by atoms with van der Waals surface area (Å²) in [7, 11) is 0. The summed E-state index contributed by atoms with van der Waals surface area (Å²) in [5.74, 6) is 0.449. The van der Waals surface area contributed by atoms with E-state index in [1.165, 1.54) is 25.0 Å². The fraction of sp³-hybridized carbons (Fsp3) is 0.462. The first-order chi connectivity index (χ1) is 8.24. The molecule has 2 N–H and O–H groups in total. The van der Waals surface area contributed by atoms with E-state index < -0.39 is 0 Å². The van der Waals surface area contributed by atoms with Crippen molar-refractivity contribution in [1.82, 2.24) is 10.6 Å². The summed E-state index contributed by atoms with van der Waals surface area (Å²) >= 11 is 0. The second-order valence-corrected chi connectivity index (χ2v) is 4.48. The molecular formula is C13H17FN2O. The minimum atomic E-state index is -0.274. The molecule has 3 nitrogen and oxygen atoms in total. The van der Waals surface area contributed by atoms with Gasteiger partial charge in [-0.05, 0) is 43.0 Å². The Labute approximate surface area is 100 Å². The lowest BCUT2D eigenvalue weighted by molar-refractivity contribution is -0.120. The van der Waals surface area contributed by atoms with Crippen molar-refractivity contribution in [1.29, 1.82) is 0 Å². The molecule has 2 rings (SSSR count). The molecule has 1 amide bonds. The third-order valence-electron chi connectivity index (χ3n) is 2.79. The van der Waals surface area contributed by atoms with Gasteiger partial charge in [-0.15, -0.1) is 0 Å². The second kappa shape index (κ2) is 5.77. The third-order valence-corrected chi connectivity index (χ3v) is 2.79. The van der Waals surface area contributed by atoms with Crippen LogP contribution in [0.3, 0.4) is 0 Å². The van der Waals surface area contributed by atoms with Gasteiger partial charge in [0.05, 0.1) is 6.54 Å². The maximum atomic E-state index is 12.9. The van der Waals surface area contributed by atoms with Crippen molar-refractivity contribution >= 4 is 5.91 Å². The number of hydrogen-bond acceptors (Lipinski definition) is 2. The molecule has 1 aromatic carbocycles. The average molecular weight is 236 g/mol. The Morgan fingerprint density at radius 3 is 2.94 bits per heavy atom. The minimum absolute atomic E-state index is 0.0464. The molecule has 0 radical (unpaired) electrons. The summed E-state index contributed by atoms with van der Waals surface area (Å²) in [6, 6.07) is 6.25. The van der Waals surface area contributed by atoms with Crippen molar-refractivity contribution < 1.29 is 9.18 Å². The predicted molar refractivity (Wildman–Crippen MR) is 63.8 cm³/mol. The molecule has 0 spiro atoms. The molecule has 0 atom stereocenters. The molecule has 1 aliphatic rings. The van der Waals surface area contributed by atoms with Gasteiger partial charge in [0.15, 0.2) is 0 Å². The lowest BCUT2D eigenvalue weighted by Crippen LogP contribution is -2.34. The largest absolute Gasteiger partial charge is 0.351 e. The molecule has 0 bridgehead atoms. The maximum absolute atomic E-state index is 12.9. The molecule has 17 heavy (non-hydrogen) atoms. The number of carbonyl (C=O) groups excluding carboxylic acids is 1. The smallest absolute Gasteiger partial charge is 0.234 e. The molecule has 1 aromatic rings. The highest BCUT2D eigenvalue weighted by Crippen LogP contribution is 2.27.